The summed E-state index contributed by atoms with van der Waals surface area (Å²) >= 11 is 6.85. The maximum atomic E-state index is 10.9. The molecule has 2 aromatic rings. The van der Waals surface area contributed by atoms with Gasteiger partial charge in [-0.05, 0) is 36.4 Å². The van der Waals surface area contributed by atoms with Crippen LogP contribution in [0.5, 0.6) is 11.5 Å². The van der Waals surface area contributed by atoms with Crippen LogP contribution in [0, 0.1) is 0 Å². The minimum Gasteiger partial charge on any atom is -0.481 e. The molecular formula is C15H11Br2NO3. The molecule has 0 saturated carbocycles. The van der Waals surface area contributed by atoms with Crippen LogP contribution in [0.3, 0.4) is 0 Å². The Labute approximate surface area is 138 Å². The molecule has 1 heterocycles. The van der Waals surface area contributed by atoms with E-state index in [1.54, 1.807) is 0 Å². The summed E-state index contributed by atoms with van der Waals surface area (Å²) in [4.78, 5) is 12.9. The van der Waals surface area contributed by atoms with Crippen LogP contribution in [0.4, 0.5) is 11.4 Å². The number of aliphatic carboxylic acids is 1. The van der Waals surface area contributed by atoms with Crippen molar-refractivity contribution in [2.24, 2.45) is 0 Å². The van der Waals surface area contributed by atoms with E-state index in [4.69, 9.17) is 9.84 Å². The van der Waals surface area contributed by atoms with E-state index in [2.05, 4.69) is 31.9 Å². The lowest BCUT2D eigenvalue weighted by molar-refractivity contribution is -0.136. The van der Waals surface area contributed by atoms with Gasteiger partial charge in [0.25, 0.3) is 0 Å². The zero-order chi connectivity index (χ0) is 15.0. The first-order chi connectivity index (χ1) is 10.0. The van der Waals surface area contributed by atoms with Gasteiger partial charge in [0.05, 0.1) is 17.8 Å². The fourth-order valence-corrected chi connectivity index (χ4v) is 2.96. The number of carboxylic acids is 1. The highest BCUT2D eigenvalue weighted by Crippen LogP contribution is 2.48. The van der Waals surface area contributed by atoms with Gasteiger partial charge in [0.15, 0.2) is 11.5 Å². The van der Waals surface area contributed by atoms with E-state index in [9.17, 15) is 4.79 Å². The number of halogens is 2. The molecule has 0 spiro atoms. The van der Waals surface area contributed by atoms with Gasteiger partial charge in [0.1, 0.15) is 0 Å². The molecule has 0 amide bonds. The Morgan fingerprint density at radius 3 is 2.05 bits per heavy atom. The lowest BCUT2D eigenvalue weighted by Gasteiger charge is -2.32. The van der Waals surface area contributed by atoms with Gasteiger partial charge in [-0.2, -0.15) is 0 Å². The maximum Gasteiger partial charge on any atom is 0.305 e. The Kier molecular flexibility index (Phi) is 3.91. The molecule has 21 heavy (non-hydrogen) atoms. The summed E-state index contributed by atoms with van der Waals surface area (Å²) in [5.74, 6) is 0.597. The number of rotatable bonds is 3. The van der Waals surface area contributed by atoms with Crippen LogP contribution in [-0.2, 0) is 4.79 Å². The Morgan fingerprint density at radius 1 is 1.05 bits per heavy atom. The SMILES string of the molecule is O=C(O)CCN1c2ccc(Br)cc2Oc2cc(Br)ccc21. The van der Waals surface area contributed by atoms with Crippen LogP contribution < -0.4 is 9.64 Å². The van der Waals surface area contributed by atoms with E-state index in [1.165, 1.54) is 0 Å². The summed E-state index contributed by atoms with van der Waals surface area (Å²) < 4.78 is 7.76. The van der Waals surface area contributed by atoms with Crippen LogP contribution in [-0.4, -0.2) is 17.6 Å². The van der Waals surface area contributed by atoms with Crippen molar-refractivity contribution in [2.75, 3.05) is 11.4 Å². The van der Waals surface area contributed by atoms with Gasteiger partial charge in [-0.15, -0.1) is 0 Å². The van der Waals surface area contributed by atoms with Crippen LogP contribution in [0.15, 0.2) is 45.3 Å². The molecule has 0 saturated heterocycles. The predicted octanol–water partition coefficient (Wildman–Crippen LogP) is 4.93. The Bertz CT molecular complexity index is 667. The van der Waals surface area contributed by atoms with Gasteiger partial charge in [-0.25, -0.2) is 0 Å². The van der Waals surface area contributed by atoms with Gasteiger partial charge in [-0.1, -0.05) is 31.9 Å². The summed E-state index contributed by atoms with van der Waals surface area (Å²) in [5.41, 5.74) is 1.74. The minimum absolute atomic E-state index is 0.0605. The number of ether oxygens (including phenoxy) is 1. The summed E-state index contributed by atoms with van der Waals surface area (Å²) in [6.45, 7) is 0.391. The number of hydrogen-bond acceptors (Lipinski definition) is 3. The number of benzene rings is 2. The first kappa shape index (κ1) is 14.4. The van der Waals surface area contributed by atoms with E-state index in [1.807, 2.05) is 41.3 Å². The number of nitrogens with zero attached hydrogens (tertiary/aromatic N) is 1. The third kappa shape index (κ3) is 2.91. The molecule has 1 aliphatic heterocycles. The van der Waals surface area contributed by atoms with Crippen molar-refractivity contribution >= 4 is 49.2 Å². The normalized spacial score (nSPS) is 12.4. The zero-order valence-electron chi connectivity index (χ0n) is 10.8. The van der Waals surface area contributed by atoms with E-state index in [-0.39, 0.29) is 6.42 Å². The molecule has 1 N–H and O–H groups in total. The number of hydrogen-bond donors (Lipinski definition) is 1. The second kappa shape index (κ2) is 5.69. The van der Waals surface area contributed by atoms with Crippen molar-refractivity contribution in [3.8, 4) is 11.5 Å². The van der Waals surface area contributed by atoms with Crippen molar-refractivity contribution in [2.45, 2.75) is 6.42 Å². The second-order valence-corrected chi connectivity index (χ2v) is 6.45. The Balaban J connectivity index is 2.07. The molecule has 6 heteroatoms. The lowest BCUT2D eigenvalue weighted by atomic mass is 10.1. The molecule has 0 atom stereocenters. The van der Waals surface area contributed by atoms with Crippen LogP contribution in [0.1, 0.15) is 6.42 Å². The maximum absolute atomic E-state index is 10.9. The standard InChI is InChI=1S/C15H11Br2NO3/c16-9-1-3-11-13(7-9)21-14-8-10(17)2-4-12(14)18(11)6-5-15(19)20/h1-4,7-8H,5-6H2,(H,19,20). The Morgan fingerprint density at radius 2 is 1.57 bits per heavy atom. The van der Waals surface area contributed by atoms with Crippen LogP contribution in [0.25, 0.3) is 0 Å². The molecule has 3 rings (SSSR count). The van der Waals surface area contributed by atoms with E-state index in [0.29, 0.717) is 18.0 Å². The largest absolute Gasteiger partial charge is 0.481 e. The quantitative estimate of drug-likeness (QED) is 0.776. The van der Waals surface area contributed by atoms with Gasteiger partial charge in [-0.3, -0.25) is 4.79 Å². The third-order valence-corrected chi connectivity index (χ3v) is 4.18. The van der Waals surface area contributed by atoms with Gasteiger partial charge in [0.2, 0.25) is 0 Å². The fraction of sp³-hybridized carbons (Fsp3) is 0.133. The monoisotopic (exact) mass is 411 g/mol. The average Bonchev–Trinajstić information content (AvgIpc) is 2.42. The molecule has 4 nitrogen and oxygen atoms in total. The molecule has 2 aromatic carbocycles. The van der Waals surface area contributed by atoms with Gasteiger partial charge < -0.3 is 14.7 Å². The van der Waals surface area contributed by atoms with Crippen molar-refractivity contribution in [3.63, 3.8) is 0 Å². The molecule has 0 aromatic heterocycles. The minimum atomic E-state index is -0.821. The molecule has 1 aliphatic rings. The van der Waals surface area contributed by atoms with Crippen molar-refractivity contribution < 1.29 is 14.6 Å². The topological polar surface area (TPSA) is 49.8 Å². The second-order valence-electron chi connectivity index (χ2n) is 4.62. The molecule has 108 valence electrons. The van der Waals surface area contributed by atoms with E-state index >= 15 is 0 Å². The Hall–Kier alpha value is -1.53. The number of anilines is 2. The summed E-state index contributed by atoms with van der Waals surface area (Å²) in [6, 6.07) is 11.4. The summed E-state index contributed by atoms with van der Waals surface area (Å²) in [6.07, 6.45) is 0.0605. The highest BCUT2D eigenvalue weighted by Gasteiger charge is 2.25. The zero-order valence-corrected chi connectivity index (χ0v) is 14.0. The first-order valence-corrected chi connectivity index (χ1v) is 7.89. The summed E-state index contributed by atoms with van der Waals surface area (Å²) in [7, 11) is 0. The number of carbonyl (C=O) groups is 1. The van der Waals surface area contributed by atoms with E-state index in [0.717, 1.165) is 20.3 Å². The molecule has 0 aliphatic carbocycles. The molecule has 0 fully saturated rings. The van der Waals surface area contributed by atoms with Gasteiger partial charge >= 0.3 is 5.97 Å². The van der Waals surface area contributed by atoms with Gasteiger partial charge in [0, 0.05) is 15.5 Å². The van der Waals surface area contributed by atoms with Crippen LogP contribution in [0.2, 0.25) is 0 Å². The molecule has 0 bridgehead atoms. The highest BCUT2D eigenvalue weighted by molar-refractivity contribution is 9.10. The van der Waals surface area contributed by atoms with Crippen LogP contribution >= 0.6 is 31.9 Å². The lowest BCUT2D eigenvalue weighted by Crippen LogP contribution is -2.24. The predicted molar refractivity (Wildman–Crippen MR) is 87.6 cm³/mol. The highest BCUT2D eigenvalue weighted by atomic mass is 79.9. The van der Waals surface area contributed by atoms with Crippen molar-refractivity contribution in [3.05, 3.63) is 45.3 Å². The first-order valence-electron chi connectivity index (χ1n) is 6.31. The molecule has 0 radical (unpaired) electrons. The smallest absolute Gasteiger partial charge is 0.305 e. The molecule has 0 unspecified atom stereocenters. The third-order valence-electron chi connectivity index (χ3n) is 3.19. The number of carboxylic acid groups (broad SMARTS) is 1. The number of fused-ring (bicyclic) bond motifs is 2. The average molecular weight is 413 g/mol. The summed E-state index contributed by atoms with van der Waals surface area (Å²) in [5, 5.41) is 8.96. The van der Waals surface area contributed by atoms with Crippen molar-refractivity contribution in [1.29, 1.82) is 0 Å². The van der Waals surface area contributed by atoms with Crippen molar-refractivity contribution in [1.82, 2.24) is 0 Å². The van der Waals surface area contributed by atoms with E-state index < -0.39 is 5.97 Å². The fourth-order valence-electron chi connectivity index (χ4n) is 2.28. The molecular weight excluding hydrogens is 402 g/mol.